The molecule has 0 saturated heterocycles. The number of hydrogen-bond acceptors (Lipinski definition) is 4. The number of amides is 1. The largest absolute Gasteiger partial charge is 0.382 e. The van der Waals surface area contributed by atoms with Crippen molar-refractivity contribution in [2.24, 2.45) is 4.99 Å². The Bertz CT molecular complexity index is 1270. The molecule has 0 bridgehead atoms. The molecule has 2 N–H and O–H groups in total. The highest BCUT2D eigenvalue weighted by Crippen LogP contribution is 2.59. The maximum absolute atomic E-state index is 14.2. The number of rotatable bonds is 5. The molecule has 3 aromatic rings. The number of nitrogens with one attached hydrogen (secondary N) is 1. The molecule has 0 saturated carbocycles. The first kappa shape index (κ1) is 21.7. The minimum atomic E-state index is -1.53. The number of amidine groups is 1. The van der Waals surface area contributed by atoms with E-state index in [0.29, 0.717) is 39.8 Å². The summed E-state index contributed by atoms with van der Waals surface area (Å²) in [6.45, 7) is 4.33. The first-order valence-corrected chi connectivity index (χ1v) is 11.7. The zero-order chi connectivity index (χ0) is 23.2. The van der Waals surface area contributed by atoms with Crippen LogP contribution in [0.15, 0.2) is 77.8 Å². The molecule has 0 spiro atoms. The highest BCUT2D eigenvalue weighted by molar-refractivity contribution is 6.36. The number of para-hydroxylation sites is 2. The van der Waals surface area contributed by atoms with Crippen molar-refractivity contribution in [2.75, 3.05) is 11.4 Å². The van der Waals surface area contributed by atoms with E-state index in [9.17, 15) is 9.90 Å². The minimum Gasteiger partial charge on any atom is -0.382 e. The van der Waals surface area contributed by atoms with Crippen LogP contribution in [0, 0.1) is 0 Å². The van der Waals surface area contributed by atoms with Crippen LogP contribution in [0.4, 0.5) is 11.4 Å². The fourth-order valence-corrected chi connectivity index (χ4v) is 5.37. The molecule has 0 aliphatic carbocycles. The minimum absolute atomic E-state index is 0.260. The van der Waals surface area contributed by atoms with Gasteiger partial charge in [0.05, 0.1) is 16.4 Å². The number of hydrogen-bond donors (Lipinski definition) is 2. The van der Waals surface area contributed by atoms with Gasteiger partial charge in [0.25, 0.3) is 5.91 Å². The van der Waals surface area contributed by atoms with Crippen LogP contribution in [-0.2, 0) is 15.9 Å². The normalized spacial score (nSPS) is 22.8. The van der Waals surface area contributed by atoms with Crippen LogP contribution in [-0.4, -0.2) is 23.4 Å². The van der Waals surface area contributed by atoms with Crippen LogP contribution in [0.2, 0.25) is 5.02 Å². The Kier molecular flexibility index (Phi) is 5.26. The molecule has 168 valence electrons. The molecule has 33 heavy (non-hydrogen) atoms. The third kappa shape index (κ3) is 2.96. The van der Waals surface area contributed by atoms with Gasteiger partial charge in [0.2, 0.25) is 0 Å². The Morgan fingerprint density at radius 1 is 1.03 bits per heavy atom. The van der Waals surface area contributed by atoms with E-state index in [4.69, 9.17) is 16.6 Å². The Balaban J connectivity index is 1.85. The molecule has 5 nitrogen and oxygen atoms in total. The Morgan fingerprint density at radius 2 is 1.70 bits per heavy atom. The summed E-state index contributed by atoms with van der Waals surface area (Å²) in [4.78, 5) is 21.0. The smallest absolute Gasteiger partial charge is 0.254 e. The van der Waals surface area contributed by atoms with Crippen molar-refractivity contribution in [2.45, 2.75) is 37.8 Å². The van der Waals surface area contributed by atoms with Crippen LogP contribution in [0.25, 0.3) is 0 Å². The molecule has 1 amide bonds. The predicted octanol–water partition coefficient (Wildman–Crippen LogP) is 5.27. The summed E-state index contributed by atoms with van der Waals surface area (Å²) in [6.07, 6.45) is 1.81. The van der Waals surface area contributed by atoms with Gasteiger partial charge in [0.15, 0.2) is 5.54 Å². The molecule has 5 rings (SSSR count). The van der Waals surface area contributed by atoms with Crippen LogP contribution < -0.4 is 10.2 Å². The number of aliphatic hydroxyl groups is 1. The van der Waals surface area contributed by atoms with Gasteiger partial charge in [0, 0.05) is 23.2 Å². The molecule has 2 atom stereocenters. The number of halogens is 1. The summed E-state index contributed by atoms with van der Waals surface area (Å²) in [5.74, 6) is 0.277. The fraction of sp³-hybridized carbons (Fsp3) is 0.259. The van der Waals surface area contributed by atoms with Crippen LogP contribution in [0.3, 0.4) is 0 Å². The standard InChI is InChI=1S/C27H26ClN3O2/c1-3-4-17-29-25(32)27-19-12-6-9-15-22(19)30-24(18-11-5-8-14-21(18)28)31(27)23-16-10-7-13-20(23)26(27,2)33/h5-16,33H,3-4,17H2,1-2H3,(H,29,32). The maximum atomic E-state index is 14.2. The lowest BCUT2D eigenvalue weighted by Crippen LogP contribution is -2.65. The lowest BCUT2D eigenvalue weighted by molar-refractivity contribution is -0.136. The van der Waals surface area contributed by atoms with E-state index >= 15 is 0 Å². The van der Waals surface area contributed by atoms with Crippen LogP contribution in [0.1, 0.15) is 43.4 Å². The number of aliphatic imine (C=N–C) groups is 1. The monoisotopic (exact) mass is 459 g/mol. The Labute approximate surface area is 198 Å². The summed E-state index contributed by atoms with van der Waals surface area (Å²) in [6, 6.07) is 22.6. The molecule has 0 fully saturated rings. The number of fused-ring (bicyclic) bond motifs is 5. The van der Waals surface area contributed by atoms with Crippen molar-refractivity contribution in [3.05, 3.63) is 94.5 Å². The molecule has 2 heterocycles. The molecule has 0 radical (unpaired) electrons. The third-order valence-corrected chi connectivity index (χ3v) is 7.03. The third-order valence-electron chi connectivity index (χ3n) is 6.70. The topological polar surface area (TPSA) is 64.9 Å². The zero-order valence-corrected chi connectivity index (χ0v) is 19.4. The zero-order valence-electron chi connectivity index (χ0n) is 18.7. The molecule has 3 aromatic carbocycles. The van der Waals surface area contributed by atoms with E-state index in [2.05, 4.69) is 12.2 Å². The van der Waals surface area contributed by atoms with Gasteiger partial charge in [-0.05, 0) is 37.6 Å². The number of nitrogens with zero attached hydrogens (tertiary/aromatic N) is 2. The number of anilines is 1. The van der Waals surface area contributed by atoms with Gasteiger partial charge in [-0.15, -0.1) is 0 Å². The predicted molar refractivity (Wildman–Crippen MR) is 132 cm³/mol. The molecule has 2 unspecified atom stereocenters. The first-order valence-electron chi connectivity index (χ1n) is 11.3. The van der Waals surface area contributed by atoms with Crippen molar-refractivity contribution in [1.82, 2.24) is 5.32 Å². The Morgan fingerprint density at radius 3 is 2.45 bits per heavy atom. The first-order chi connectivity index (χ1) is 15.9. The van der Waals surface area contributed by atoms with Gasteiger partial charge in [-0.3, -0.25) is 4.79 Å². The maximum Gasteiger partial charge on any atom is 0.254 e. The van der Waals surface area contributed by atoms with Gasteiger partial charge in [0.1, 0.15) is 11.4 Å². The lowest BCUT2D eigenvalue weighted by atomic mass is 9.72. The molecule has 0 aromatic heterocycles. The number of carbonyl (C=O) groups is 1. The number of carbonyl (C=O) groups excluding carboxylic acids is 1. The molecule has 6 heteroatoms. The van der Waals surface area contributed by atoms with Crippen molar-refractivity contribution in [1.29, 1.82) is 0 Å². The van der Waals surface area contributed by atoms with E-state index in [1.807, 2.05) is 77.7 Å². The second-order valence-electron chi connectivity index (χ2n) is 8.68. The van der Waals surface area contributed by atoms with Crippen molar-refractivity contribution < 1.29 is 9.90 Å². The van der Waals surface area contributed by atoms with Gasteiger partial charge in [-0.1, -0.05) is 73.5 Å². The van der Waals surface area contributed by atoms with E-state index < -0.39 is 11.1 Å². The molecule has 2 aliphatic heterocycles. The average Bonchev–Trinajstić information content (AvgIpc) is 3.04. The van der Waals surface area contributed by atoms with E-state index in [-0.39, 0.29) is 5.91 Å². The number of benzene rings is 3. The van der Waals surface area contributed by atoms with Gasteiger partial charge in [-0.25, -0.2) is 4.99 Å². The molecular formula is C27H26ClN3O2. The van der Waals surface area contributed by atoms with Crippen LogP contribution in [0.5, 0.6) is 0 Å². The lowest BCUT2D eigenvalue weighted by Gasteiger charge is -2.48. The van der Waals surface area contributed by atoms with Crippen molar-refractivity contribution >= 4 is 34.7 Å². The van der Waals surface area contributed by atoms with Crippen molar-refractivity contribution in [3.8, 4) is 0 Å². The summed E-state index contributed by atoms with van der Waals surface area (Å²) in [5.41, 5.74) is 0.439. The van der Waals surface area contributed by atoms with Crippen LogP contribution >= 0.6 is 11.6 Å². The van der Waals surface area contributed by atoms with Gasteiger partial charge >= 0.3 is 0 Å². The summed E-state index contributed by atoms with van der Waals surface area (Å²) in [7, 11) is 0. The average molecular weight is 460 g/mol. The van der Waals surface area contributed by atoms with Gasteiger partial charge < -0.3 is 15.3 Å². The van der Waals surface area contributed by atoms with Crippen molar-refractivity contribution in [3.63, 3.8) is 0 Å². The quantitative estimate of drug-likeness (QED) is 0.511. The highest BCUT2D eigenvalue weighted by Gasteiger charge is 2.67. The van der Waals surface area contributed by atoms with E-state index in [1.165, 1.54) is 0 Å². The van der Waals surface area contributed by atoms with Gasteiger partial charge in [-0.2, -0.15) is 0 Å². The summed E-state index contributed by atoms with van der Waals surface area (Å²) >= 11 is 6.63. The second-order valence-corrected chi connectivity index (χ2v) is 9.08. The summed E-state index contributed by atoms with van der Waals surface area (Å²) < 4.78 is 0. The highest BCUT2D eigenvalue weighted by atomic mass is 35.5. The Hall–Kier alpha value is -3.15. The van der Waals surface area contributed by atoms with E-state index in [0.717, 1.165) is 18.5 Å². The van der Waals surface area contributed by atoms with E-state index in [1.54, 1.807) is 6.92 Å². The molecular weight excluding hydrogens is 434 g/mol. The SMILES string of the molecule is CCCCNC(=O)C12c3ccccc3N=C(c3ccccc3Cl)N1c1ccccc1C2(C)O. The second kappa shape index (κ2) is 8.01. The number of unbranched alkanes of at least 4 members (excludes halogenated alkanes) is 1. The summed E-state index contributed by atoms with van der Waals surface area (Å²) in [5, 5.41) is 15.8. The fourth-order valence-electron chi connectivity index (χ4n) is 5.15. The molecule has 2 aliphatic rings.